The van der Waals surface area contributed by atoms with E-state index in [1.165, 1.54) is 23.9 Å². The highest BCUT2D eigenvalue weighted by Crippen LogP contribution is 2.71. The zero-order chi connectivity index (χ0) is 30.5. The first-order valence-corrected chi connectivity index (χ1v) is 16.8. The molecule has 0 bridgehead atoms. The number of fused-ring (bicyclic) bond motifs is 2. The van der Waals surface area contributed by atoms with Gasteiger partial charge in [0.1, 0.15) is 0 Å². The van der Waals surface area contributed by atoms with E-state index in [4.69, 9.17) is 5.10 Å². The monoisotopic (exact) mass is 741 g/mol. The molecule has 6 nitrogen and oxygen atoms in total. The van der Waals surface area contributed by atoms with E-state index in [0.717, 1.165) is 31.2 Å². The second kappa shape index (κ2) is 11.3. The van der Waals surface area contributed by atoms with Crippen LogP contribution in [0, 0.1) is 10.1 Å². The van der Waals surface area contributed by atoms with Gasteiger partial charge in [0.05, 0.1) is 15.4 Å². The lowest BCUT2D eigenvalue weighted by Crippen LogP contribution is -2.34. The van der Waals surface area contributed by atoms with Gasteiger partial charge in [0, 0.05) is 32.2 Å². The summed E-state index contributed by atoms with van der Waals surface area (Å²) in [5.41, 5.74) is 5.40. The predicted molar refractivity (Wildman–Crippen MR) is 185 cm³/mol. The van der Waals surface area contributed by atoms with Gasteiger partial charge in [-0.3, -0.25) is 14.9 Å². The number of nitro benzene ring substituents is 1. The number of carbonyl (C=O) groups is 1. The summed E-state index contributed by atoms with van der Waals surface area (Å²) < 4.78 is 0.359. The smallest absolute Gasteiger partial charge is 0.269 e. The second-order valence-corrected chi connectivity index (χ2v) is 14.9. The Kier molecular flexibility index (Phi) is 7.48. The Bertz CT molecular complexity index is 1890. The number of non-ortho nitro benzene ring substituents is 1. The van der Waals surface area contributed by atoms with Crippen LogP contribution in [0.15, 0.2) is 141 Å². The molecule has 5 aromatic rings. The van der Waals surface area contributed by atoms with Crippen molar-refractivity contribution < 1.29 is 9.72 Å². The Morgan fingerprint density at radius 1 is 0.727 bits per heavy atom. The van der Waals surface area contributed by atoms with Crippen LogP contribution in [0.25, 0.3) is 0 Å². The maximum Gasteiger partial charge on any atom is 0.269 e. The zero-order valence-electron chi connectivity index (χ0n) is 22.8. The Hall–Kier alpha value is -3.70. The molecule has 1 spiro atoms. The number of nitro groups is 1. The van der Waals surface area contributed by atoms with Gasteiger partial charge in [-0.05, 0) is 53.1 Å². The minimum atomic E-state index is -0.910. The average molecular weight is 744 g/mol. The van der Waals surface area contributed by atoms with Gasteiger partial charge in [-0.2, -0.15) is 5.10 Å². The summed E-state index contributed by atoms with van der Waals surface area (Å²) in [5.74, 6) is -0.178. The van der Waals surface area contributed by atoms with Gasteiger partial charge in [0.15, 0.2) is 9.25 Å². The molecule has 2 aliphatic rings. The van der Waals surface area contributed by atoms with Gasteiger partial charge >= 0.3 is 0 Å². The van der Waals surface area contributed by atoms with E-state index in [-0.39, 0.29) is 11.5 Å². The lowest BCUT2D eigenvalue weighted by molar-refractivity contribution is -0.384. The van der Waals surface area contributed by atoms with Gasteiger partial charge in [0.2, 0.25) is 5.78 Å². The number of benzene rings is 5. The molecule has 44 heavy (non-hydrogen) atoms. The molecule has 2 aliphatic heterocycles. The van der Waals surface area contributed by atoms with Crippen LogP contribution >= 0.6 is 55.4 Å². The SMILES string of the molecule is O=C(C1=NN(c2ccc([N+](=O)[O-])cc2)[C@]2(S1)SC(c1ccc(Br)cc1)(c1ccc(Br)cc1)c1ccccc12)c1ccccc1. The number of ketones is 1. The maximum absolute atomic E-state index is 13.9. The van der Waals surface area contributed by atoms with Gasteiger partial charge in [-0.1, -0.05) is 134 Å². The largest absolute Gasteiger partial charge is 0.286 e. The van der Waals surface area contributed by atoms with Gasteiger partial charge in [-0.25, -0.2) is 5.01 Å². The van der Waals surface area contributed by atoms with Crippen molar-refractivity contribution in [2.24, 2.45) is 5.10 Å². The van der Waals surface area contributed by atoms with Crippen molar-refractivity contribution >= 4 is 77.6 Å². The third-order valence-corrected chi connectivity index (χ3v) is 12.0. The average Bonchev–Trinajstić information content (AvgIpc) is 3.58. The maximum atomic E-state index is 13.9. The Balaban J connectivity index is 1.47. The van der Waals surface area contributed by atoms with Crippen molar-refractivity contribution in [1.82, 2.24) is 0 Å². The van der Waals surface area contributed by atoms with E-state index in [2.05, 4.69) is 68.3 Å². The van der Waals surface area contributed by atoms with Crippen molar-refractivity contribution in [1.29, 1.82) is 0 Å². The summed E-state index contributed by atoms with van der Waals surface area (Å²) in [6, 6.07) is 40.4. The number of anilines is 1. The molecule has 0 aromatic heterocycles. The minimum Gasteiger partial charge on any atom is -0.286 e. The van der Waals surface area contributed by atoms with Crippen molar-refractivity contribution in [3.05, 3.63) is 174 Å². The normalized spacial score (nSPS) is 18.2. The zero-order valence-corrected chi connectivity index (χ0v) is 27.6. The minimum absolute atomic E-state index is 0.0160. The summed E-state index contributed by atoms with van der Waals surface area (Å²) in [7, 11) is 0. The summed E-state index contributed by atoms with van der Waals surface area (Å²) in [5, 5.41) is 18.7. The van der Waals surface area contributed by atoms with Crippen LogP contribution in [0.2, 0.25) is 0 Å². The van der Waals surface area contributed by atoms with Gasteiger partial charge in [-0.15, -0.1) is 0 Å². The summed E-state index contributed by atoms with van der Waals surface area (Å²) in [4.78, 5) is 25.0. The summed E-state index contributed by atoms with van der Waals surface area (Å²) in [6.07, 6.45) is 0. The fourth-order valence-corrected chi connectivity index (χ4v) is 9.83. The standard InChI is InChI=1S/C34H21Br2N3O3S2/c35-25-14-10-23(11-15-25)33(24-12-16-26(36)17-13-24)29-8-4-5-9-30(29)34(44-33)38(27-18-20-28(21-19-27)39(41)42)37-32(43-34)31(40)22-6-2-1-3-7-22/h1-21H/t34-/m1/s1. The molecule has 0 saturated carbocycles. The number of nitrogens with zero attached hydrogens (tertiary/aromatic N) is 3. The molecule has 0 N–H and O–H groups in total. The molecule has 0 radical (unpaired) electrons. The summed E-state index contributed by atoms with van der Waals surface area (Å²) >= 11 is 10.3. The summed E-state index contributed by atoms with van der Waals surface area (Å²) in [6.45, 7) is 0. The molecule has 10 heteroatoms. The predicted octanol–water partition coefficient (Wildman–Crippen LogP) is 9.72. The van der Waals surface area contributed by atoms with E-state index < -0.39 is 13.9 Å². The molecule has 0 unspecified atom stereocenters. The van der Waals surface area contributed by atoms with Crippen LogP contribution in [-0.2, 0) is 8.95 Å². The number of halogens is 2. The van der Waals surface area contributed by atoms with E-state index in [1.54, 1.807) is 36.0 Å². The second-order valence-electron chi connectivity index (χ2n) is 10.2. The number of hydrogen-bond donors (Lipinski definition) is 0. The first-order chi connectivity index (χ1) is 21.3. The van der Waals surface area contributed by atoms with Crippen molar-refractivity contribution in [2.75, 3.05) is 5.01 Å². The number of carbonyl (C=O) groups excluding carboxylic acids is 1. The lowest BCUT2D eigenvalue weighted by atomic mass is 9.82. The highest BCUT2D eigenvalue weighted by atomic mass is 79.9. The molecular weight excluding hydrogens is 722 g/mol. The fourth-order valence-electron chi connectivity index (χ4n) is 5.68. The van der Waals surface area contributed by atoms with E-state index in [1.807, 2.05) is 59.6 Å². The topological polar surface area (TPSA) is 75.8 Å². The van der Waals surface area contributed by atoms with E-state index >= 15 is 0 Å². The van der Waals surface area contributed by atoms with Crippen molar-refractivity contribution in [3.63, 3.8) is 0 Å². The number of hydrazone groups is 1. The lowest BCUT2D eigenvalue weighted by Gasteiger charge is -2.37. The van der Waals surface area contributed by atoms with Crippen molar-refractivity contribution in [2.45, 2.75) is 8.95 Å². The molecule has 7 rings (SSSR count). The van der Waals surface area contributed by atoms with Crippen LogP contribution in [0.1, 0.15) is 32.6 Å². The molecule has 2 heterocycles. The molecule has 0 aliphatic carbocycles. The highest BCUT2D eigenvalue weighted by molar-refractivity contribution is 9.10. The van der Waals surface area contributed by atoms with Crippen LogP contribution in [-0.4, -0.2) is 15.8 Å². The number of hydrogen-bond acceptors (Lipinski definition) is 7. The van der Waals surface area contributed by atoms with E-state index in [0.29, 0.717) is 16.3 Å². The highest BCUT2D eigenvalue weighted by Gasteiger charge is 2.61. The first kappa shape index (κ1) is 29.0. The quantitative estimate of drug-likeness (QED) is 0.0980. The number of Topliss-reactive ketones (excluding diaryl/α,β-unsaturated/α-hetero) is 1. The van der Waals surface area contributed by atoms with Gasteiger partial charge < -0.3 is 0 Å². The molecule has 5 aromatic carbocycles. The molecule has 216 valence electrons. The first-order valence-electron chi connectivity index (χ1n) is 13.6. The van der Waals surface area contributed by atoms with E-state index in [9.17, 15) is 14.9 Å². The van der Waals surface area contributed by atoms with Crippen LogP contribution in [0.5, 0.6) is 0 Å². The Morgan fingerprint density at radius 2 is 1.27 bits per heavy atom. The molecule has 0 amide bonds. The van der Waals surface area contributed by atoms with Crippen molar-refractivity contribution in [3.8, 4) is 0 Å². The molecule has 0 saturated heterocycles. The fraction of sp³-hybridized carbons (Fsp3) is 0.0588. The van der Waals surface area contributed by atoms with Crippen LogP contribution in [0.3, 0.4) is 0 Å². The third kappa shape index (κ3) is 4.72. The number of rotatable bonds is 6. The van der Waals surface area contributed by atoms with Gasteiger partial charge in [0.25, 0.3) is 5.69 Å². The number of thioether (sulfide) groups is 2. The third-order valence-electron chi connectivity index (χ3n) is 7.68. The molecule has 1 atom stereocenters. The Morgan fingerprint density at radius 3 is 1.84 bits per heavy atom. The van der Waals surface area contributed by atoms with Crippen LogP contribution in [0.4, 0.5) is 11.4 Å². The van der Waals surface area contributed by atoms with Crippen LogP contribution < -0.4 is 5.01 Å². The molecular formula is C34H21Br2N3O3S2. The Labute approximate surface area is 279 Å². The molecule has 0 fully saturated rings.